The van der Waals surface area contributed by atoms with E-state index in [1.54, 1.807) is 20.8 Å². The zero-order chi connectivity index (χ0) is 13.4. The molecule has 4 nitrogen and oxygen atoms in total. The summed E-state index contributed by atoms with van der Waals surface area (Å²) in [6, 6.07) is 1.28. The lowest BCUT2D eigenvalue weighted by molar-refractivity contribution is 0.595. The van der Waals surface area contributed by atoms with Crippen LogP contribution in [0.4, 0.5) is 4.39 Å². The first-order valence-electron chi connectivity index (χ1n) is 5.92. The first-order chi connectivity index (χ1) is 8.45. The molecule has 96 valence electrons. The number of nitrogens with zero attached hydrogens (tertiary/aromatic N) is 1. The van der Waals surface area contributed by atoms with Gasteiger partial charge < -0.3 is 4.98 Å². The fourth-order valence-corrected chi connectivity index (χ4v) is 1.94. The number of aryl methyl sites for hydroxylation is 1. The first-order valence-corrected chi connectivity index (χ1v) is 5.92. The SMILES string of the molecule is CCc1cn2c(=O)cc(C(C)C)c(F)c2[nH]c1=O. The molecule has 0 atom stereocenters. The Kier molecular flexibility index (Phi) is 3.07. The number of aromatic amines is 1. The van der Waals surface area contributed by atoms with E-state index >= 15 is 0 Å². The number of pyridine rings is 1. The molecular formula is C13H15FN2O2. The van der Waals surface area contributed by atoms with Gasteiger partial charge in [0.2, 0.25) is 0 Å². The van der Waals surface area contributed by atoms with Crippen LogP contribution in [0.25, 0.3) is 5.65 Å². The molecule has 0 saturated heterocycles. The van der Waals surface area contributed by atoms with Gasteiger partial charge in [-0.05, 0) is 17.9 Å². The van der Waals surface area contributed by atoms with Crippen LogP contribution in [0.5, 0.6) is 0 Å². The lowest BCUT2D eigenvalue weighted by atomic mass is 10.0. The lowest BCUT2D eigenvalue weighted by Gasteiger charge is -2.10. The zero-order valence-electron chi connectivity index (χ0n) is 10.6. The van der Waals surface area contributed by atoms with Gasteiger partial charge in [0.05, 0.1) is 0 Å². The maximum absolute atomic E-state index is 14.2. The van der Waals surface area contributed by atoms with Gasteiger partial charge in [0.1, 0.15) is 0 Å². The second-order valence-electron chi connectivity index (χ2n) is 4.59. The minimum Gasteiger partial charge on any atom is -0.305 e. The Bertz CT molecular complexity index is 713. The molecule has 0 unspecified atom stereocenters. The van der Waals surface area contributed by atoms with Crippen molar-refractivity contribution in [3.8, 4) is 0 Å². The van der Waals surface area contributed by atoms with Crippen LogP contribution in [0.1, 0.15) is 37.8 Å². The van der Waals surface area contributed by atoms with E-state index in [9.17, 15) is 14.0 Å². The molecule has 0 aliphatic rings. The van der Waals surface area contributed by atoms with Gasteiger partial charge in [-0.25, -0.2) is 4.39 Å². The topological polar surface area (TPSA) is 54.3 Å². The van der Waals surface area contributed by atoms with E-state index in [2.05, 4.69) is 4.98 Å². The minimum atomic E-state index is -0.538. The van der Waals surface area contributed by atoms with E-state index in [0.717, 1.165) is 4.40 Å². The molecule has 0 spiro atoms. The molecule has 0 amide bonds. The molecule has 0 aliphatic carbocycles. The third-order valence-corrected chi connectivity index (χ3v) is 3.03. The fourth-order valence-electron chi connectivity index (χ4n) is 1.94. The Morgan fingerprint density at radius 2 is 2.06 bits per heavy atom. The summed E-state index contributed by atoms with van der Waals surface area (Å²) in [4.78, 5) is 26.0. The number of nitrogens with one attached hydrogen (secondary N) is 1. The van der Waals surface area contributed by atoms with Crippen LogP contribution < -0.4 is 11.1 Å². The molecule has 0 aromatic carbocycles. The van der Waals surface area contributed by atoms with Gasteiger partial charge in [-0.15, -0.1) is 0 Å². The number of hydrogen-bond acceptors (Lipinski definition) is 2. The van der Waals surface area contributed by atoms with E-state index in [1.807, 2.05) is 0 Å². The Morgan fingerprint density at radius 3 is 2.61 bits per heavy atom. The van der Waals surface area contributed by atoms with Crippen molar-refractivity contribution < 1.29 is 4.39 Å². The summed E-state index contributed by atoms with van der Waals surface area (Å²) in [5.74, 6) is -0.651. The van der Waals surface area contributed by atoms with Gasteiger partial charge in [-0.3, -0.25) is 14.0 Å². The molecule has 2 aromatic rings. The van der Waals surface area contributed by atoms with Crippen LogP contribution in [0.15, 0.2) is 21.9 Å². The summed E-state index contributed by atoms with van der Waals surface area (Å²) in [7, 11) is 0. The predicted octanol–water partition coefficient (Wildman–Crippen LogP) is 1.81. The molecule has 0 radical (unpaired) electrons. The van der Waals surface area contributed by atoms with Crippen LogP contribution >= 0.6 is 0 Å². The number of aromatic nitrogens is 2. The average molecular weight is 250 g/mol. The smallest absolute Gasteiger partial charge is 0.256 e. The molecule has 1 N–H and O–H groups in total. The summed E-state index contributed by atoms with van der Waals surface area (Å²) in [6.45, 7) is 5.40. The van der Waals surface area contributed by atoms with E-state index in [-0.39, 0.29) is 22.7 Å². The first kappa shape index (κ1) is 12.5. The maximum Gasteiger partial charge on any atom is 0.256 e. The zero-order valence-corrected chi connectivity index (χ0v) is 10.6. The Morgan fingerprint density at radius 1 is 1.39 bits per heavy atom. The van der Waals surface area contributed by atoms with Crippen molar-refractivity contribution >= 4 is 5.65 Å². The Hall–Kier alpha value is -1.91. The van der Waals surface area contributed by atoms with Crippen molar-refractivity contribution in [1.29, 1.82) is 0 Å². The normalized spacial score (nSPS) is 11.4. The van der Waals surface area contributed by atoms with Crippen molar-refractivity contribution in [1.82, 2.24) is 9.38 Å². The van der Waals surface area contributed by atoms with Gasteiger partial charge in [0.25, 0.3) is 11.1 Å². The van der Waals surface area contributed by atoms with E-state index in [0.29, 0.717) is 17.5 Å². The number of hydrogen-bond donors (Lipinski definition) is 1. The summed E-state index contributed by atoms with van der Waals surface area (Å²) < 4.78 is 15.3. The minimum absolute atomic E-state index is 0.0617. The van der Waals surface area contributed by atoms with Gasteiger partial charge in [0.15, 0.2) is 11.5 Å². The second-order valence-corrected chi connectivity index (χ2v) is 4.59. The number of H-pyrrole nitrogens is 1. The van der Waals surface area contributed by atoms with Crippen LogP contribution in [-0.2, 0) is 6.42 Å². The second kappa shape index (κ2) is 4.40. The summed E-state index contributed by atoms with van der Waals surface area (Å²) in [5.41, 5.74) is 0.0346. The van der Waals surface area contributed by atoms with Gasteiger partial charge >= 0.3 is 0 Å². The van der Waals surface area contributed by atoms with Gasteiger partial charge in [-0.1, -0.05) is 20.8 Å². The highest BCUT2D eigenvalue weighted by atomic mass is 19.1. The Balaban J connectivity index is 2.94. The molecule has 0 fully saturated rings. The Labute approximate surface area is 103 Å². The fraction of sp³-hybridized carbons (Fsp3) is 0.385. The third-order valence-electron chi connectivity index (χ3n) is 3.03. The van der Waals surface area contributed by atoms with Crippen molar-refractivity contribution in [2.75, 3.05) is 0 Å². The van der Waals surface area contributed by atoms with Crippen molar-refractivity contribution in [3.63, 3.8) is 0 Å². The average Bonchev–Trinajstić information content (AvgIpc) is 2.32. The van der Waals surface area contributed by atoms with Crippen LogP contribution in [-0.4, -0.2) is 9.38 Å². The molecule has 0 bridgehead atoms. The molecule has 2 rings (SSSR count). The largest absolute Gasteiger partial charge is 0.305 e. The van der Waals surface area contributed by atoms with Crippen molar-refractivity contribution in [2.45, 2.75) is 33.1 Å². The summed E-state index contributed by atoms with van der Waals surface area (Å²) in [5, 5.41) is 0. The number of rotatable bonds is 2. The molecule has 0 saturated carbocycles. The molecule has 2 heterocycles. The van der Waals surface area contributed by atoms with Crippen LogP contribution in [0.2, 0.25) is 0 Å². The van der Waals surface area contributed by atoms with E-state index in [4.69, 9.17) is 0 Å². The number of fused-ring (bicyclic) bond motifs is 1. The predicted molar refractivity (Wildman–Crippen MR) is 67.7 cm³/mol. The summed E-state index contributed by atoms with van der Waals surface area (Å²) >= 11 is 0. The molecule has 2 aromatic heterocycles. The highest BCUT2D eigenvalue weighted by Gasteiger charge is 2.14. The summed E-state index contributed by atoms with van der Waals surface area (Å²) in [6.07, 6.45) is 1.90. The van der Waals surface area contributed by atoms with Crippen molar-refractivity contribution in [3.05, 3.63) is 49.9 Å². The van der Waals surface area contributed by atoms with Crippen LogP contribution in [0.3, 0.4) is 0 Å². The molecule has 0 aliphatic heterocycles. The van der Waals surface area contributed by atoms with E-state index < -0.39 is 5.82 Å². The molecule has 18 heavy (non-hydrogen) atoms. The monoisotopic (exact) mass is 250 g/mol. The van der Waals surface area contributed by atoms with Crippen molar-refractivity contribution in [2.24, 2.45) is 0 Å². The van der Waals surface area contributed by atoms with Gasteiger partial charge in [-0.2, -0.15) is 0 Å². The maximum atomic E-state index is 14.2. The van der Waals surface area contributed by atoms with Crippen LogP contribution in [0, 0.1) is 5.82 Å². The molecular weight excluding hydrogens is 235 g/mol. The number of halogens is 1. The highest BCUT2D eigenvalue weighted by Crippen LogP contribution is 2.18. The quantitative estimate of drug-likeness (QED) is 0.883. The third kappa shape index (κ3) is 1.85. The van der Waals surface area contributed by atoms with E-state index in [1.165, 1.54) is 12.3 Å². The van der Waals surface area contributed by atoms with Gasteiger partial charge in [0, 0.05) is 17.8 Å². The molecule has 5 heteroatoms. The lowest BCUT2D eigenvalue weighted by Crippen LogP contribution is -2.23. The standard InChI is InChI=1S/C13H15FN2O2/c1-4-8-6-16-10(17)5-9(7(2)3)11(14)12(16)15-13(8)18/h5-7H,4H2,1-3H3,(H,15,18). The highest BCUT2D eigenvalue weighted by molar-refractivity contribution is 5.44.